The second kappa shape index (κ2) is 13.6. The molecule has 16 nitrogen and oxygen atoms in total. The van der Waals surface area contributed by atoms with E-state index in [0.717, 1.165) is 0 Å². The smallest absolute Gasteiger partial charge is 0.253 e. The van der Waals surface area contributed by atoms with Gasteiger partial charge < -0.3 is 77.6 Å². The third kappa shape index (κ3) is 7.23. The molecule has 13 atom stereocenters. The standard InChI is InChI=1S/C26H48N6O10/c1-25(37)11-39-23(18(35)21(25)30-2)42-20-15(32-24(36)26(38)9-16(26)29)8-14(28)19(17(20)34)41-22-13(27)5-4-12(40-22)10-31-6-3-7-33/h4,13-23,30-31,33-35,37-38H,3,5-11,27-29H2,1-2H3,(H,32,36)/t13-,14+,15-,16?,17+,18-,19?,20+,21-,22-,23-,25+,26?/m1/s1. The van der Waals surface area contributed by atoms with Crippen LogP contribution in [-0.2, 0) is 23.7 Å². The Bertz CT molecular complexity index is 961. The topological polar surface area (TPSA) is 269 Å². The Hall–Kier alpha value is -1.51. The zero-order valence-corrected chi connectivity index (χ0v) is 24.1. The van der Waals surface area contributed by atoms with Crippen LogP contribution in [0.5, 0.6) is 0 Å². The SMILES string of the molecule is CN[C@@H]1[C@@H](O)[C@@H](O[C@H]2[C@H](NC(=O)C3(O)CC3N)C[C@H](N)C(O[C@H]3OC(CNCCCO)=CC[C@H]3N)[C@@H]2O)OC[C@]1(C)O. The van der Waals surface area contributed by atoms with Gasteiger partial charge in [0.25, 0.3) is 5.91 Å². The Morgan fingerprint density at radius 3 is 2.45 bits per heavy atom. The number of hydrogen-bond acceptors (Lipinski definition) is 15. The van der Waals surface area contributed by atoms with Crippen molar-refractivity contribution in [3.63, 3.8) is 0 Å². The summed E-state index contributed by atoms with van der Waals surface area (Å²) in [6.45, 7) is 2.37. The lowest BCUT2D eigenvalue weighted by Crippen LogP contribution is -2.69. The third-order valence-corrected chi connectivity index (χ3v) is 8.48. The Morgan fingerprint density at radius 2 is 1.81 bits per heavy atom. The largest absolute Gasteiger partial charge is 0.467 e. The molecule has 14 N–H and O–H groups in total. The van der Waals surface area contributed by atoms with Crippen LogP contribution in [0.3, 0.4) is 0 Å². The van der Waals surface area contributed by atoms with Crippen LogP contribution in [0.2, 0.25) is 0 Å². The van der Waals surface area contributed by atoms with Gasteiger partial charge in [0.2, 0.25) is 6.29 Å². The fraction of sp³-hybridized carbons (Fsp3) is 0.885. The number of ether oxygens (including phenoxy) is 4. The summed E-state index contributed by atoms with van der Waals surface area (Å²) in [6.07, 6.45) is -4.30. The van der Waals surface area contributed by atoms with Crippen molar-refractivity contribution in [1.29, 1.82) is 0 Å². The van der Waals surface area contributed by atoms with Gasteiger partial charge in [0, 0.05) is 25.1 Å². The zero-order valence-electron chi connectivity index (χ0n) is 24.1. The second-order valence-electron chi connectivity index (χ2n) is 12.0. The van der Waals surface area contributed by atoms with E-state index < -0.39 is 84.3 Å². The molecule has 2 heterocycles. The molecule has 1 saturated heterocycles. The number of aliphatic hydroxyl groups is 5. The molecule has 0 aromatic heterocycles. The van der Waals surface area contributed by atoms with Crippen LogP contribution >= 0.6 is 0 Å². The second-order valence-corrected chi connectivity index (χ2v) is 12.0. The Morgan fingerprint density at radius 1 is 1.12 bits per heavy atom. The molecular weight excluding hydrogens is 556 g/mol. The minimum Gasteiger partial charge on any atom is -0.467 e. The number of carbonyl (C=O) groups excluding carboxylic acids is 1. The Labute approximate surface area is 244 Å². The monoisotopic (exact) mass is 604 g/mol. The Balaban J connectivity index is 1.49. The summed E-state index contributed by atoms with van der Waals surface area (Å²) in [6, 6.07) is -3.84. The van der Waals surface area contributed by atoms with Crippen molar-refractivity contribution in [2.24, 2.45) is 17.2 Å². The number of nitrogens with one attached hydrogen (secondary N) is 3. The molecule has 1 amide bonds. The van der Waals surface area contributed by atoms with Gasteiger partial charge in [-0.15, -0.1) is 0 Å². The van der Waals surface area contributed by atoms with E-state index in [2.05, 4.69) is 16.0 Å². The lowest BCUT2D eigenvalue weighted by molar-refractivity contribution is -0.304. The number of nitrogens with two attached hydrogens (primary N) is 3. The molecule has 242 valence electrons. The third-order valence-electron chi connectivity index (χ3n) is 8.48. The molecule has 42 heavy (non-hydrogen) atoms. The van der Waals surface area contributed by atoms with Crippen molar-refractivity contribution in [1.82, 2.24) is 16.0 Å². The lowest BCUT2D eigenvalue weighted by Gasteiger charge is -2.49. The molecule has 4 rings (SSSR count). The van der Waals surface area contributed by atoms with E-state index in [1.54, 1.807) is 7.05 Å². The predicted molar refractivity (Wildman–Crippen MR) is 147 cm³/mol. The van der Waals surface area contributed by atoms with Gasteiger partial charge in [-0.3, -0.25) is 4.79 Å². The molecule has 3 unspecified atom stereocenters. The average molecular weight is 605 g/mol. The maximum atomic E-state index is 12.9. The van der Waals surface area contributed by atoms with E-state index in [0.29, 0.717) is 31.7 Å². The predicted octanol–water partition coefficient (Wildman–Crippen LogP) is -5.22. The van der Waals surface area contributed by atoms with Gasteiger partial charge in [-0.2, -0.15) is 0 Å². The summed E-state index contributed by atoms with van der Waals surface area (Å²) in [5.74, 6) is -0.135. The van der Waals surface area contributed by atoms with Crippen molar-refractivity contribution in [3.8, 4) is 0 Å². The summed E-state index contributed by atoms with van der Waals surface area (Å²) in [5.41, 5.74) is 15.3. The summed E-state index contributed by atoms with van der Waals surface area (Å²) in [7, 11) is 1.57. The molecule has 0 radical (unpaired) electrons. The molecule has 0 aromatic carbocycles. The summed E-state index contributed by atoms with van der Waals surface area (Å²) in [5, 5.41) is 61.3. The number of hydrogen-bond donors (Lipinski definition) is 11. The first-order valence-corrected chi connectivity index (χ1v) is 14.5. The van der Waals surface area contributed by atoms with Gasteiger partial charge in [-0.05, 0) is 45.9 Å². The highest BCUT2D eigenvalue weighted by Crippen LogP contribution is 2.36. The highest BCUT2D eigenvalue weighted by molar-refractivity contribution is 5.89. The van der Waals surface area contributed by atoms with E-state index in [1.807, 2.05) is 6.08 Å². The van der Waals surface area contributed by atoms with Crippen molar-refractivity contribution in [2.45, 2.75) is 111 Å². The minimum atomic E-state index is -1.74. The van der Waals surface area contributed by atoms with Gasteiger partial charge >= 0.3 is 0 Å². The van der Waals surface area contributed by atoms with Gasteiger partial charge in [-0.1, -0.05) is 0 Å². The van der Waals surface area contributed by atoms with Gasteiger partial charge in [-0.25, -0.2) is 0 Å². The lowest BCUT2D eigenvalue weighted by atomic mass is 9.83. The van der Waals surface area contributed by atoms with Crippen LogP contribution in [0.1, 0.15) is 32.6 Å². The maximum Gasteiger partial charge on any atom is 0.253 e. The van der Waals surface area contributed by atoms with Crippen LogP contribution in [0.4, 0.5) is 0 Å². The van der Waals surface area contributed by atoms with Crippen LogP contribution in [0, 0.1) is 0 Å². The van der Waals surface area contributed by atoms with E-state index in [9.17, 15) is 25.2 Å². The minimum absolute atomic E-state index is 0.0623. The molecule has 3 fully saturated rings. The summed E-state index contributed by atoms with van der Waals surface area (Å²) >= 11 is 0. The molecule has 2 aliphatic carbocycles. The molecule has 0 bridgehead atoms. The van der Waals surface area contributed by atoms with Crippen molar-refractivity contribution < 1.29 is 49.3 Å². The van der Waals surface area contributed by atoms with Crippen LogP contribution < -0.4 is 33.2 Å². The normalized spacial score (nSPS) is 45.6. The Kier molecular flexibility index (Phi) is 10.8. The summed E-state index contributed by atoms with van der Waals surface area (Å²) in [4.78, 5) is 12.9. The molecule has 0 aromatic rings. The van der Waals surface area contributed by atoms with Gasteiger partial charge in [0.15, 0.2) is 11.9 Å². The number of amides is 1. The summed E-state index contributed by atoms with van der Waals surface area (Å²) < 4.78 is 23.8. The van der Waals surface area contributed by atoms with E-state index in [-0.39, 0.29) is 26.1 Å². The zero-order chi connectivity index (χ0) is 30.8. The molecule has 2 aliphatic heterocycles. The number of carbonyl (C=O) groups is 1. The molecule has 2 saturated carbocycles. The highest BCUT2D eigenvalue weighted by atomic mass is 16.7. The molecular formula is C26H48N6O10. The fourth-order valence-corrected chi connectivity index (χ4v) is 5.77. The molecule has 4 aliphatic rings. The van der Waals surface area contributed by atoms with Gasteiger partial charge in [0.05, 0.1) is 31.3 Å². The van der Waals surface area contributed by atoms with Crippen molar-refractivity contribution >= 4 is 5.91 Å². The van der Waals surface area contributed by atoms with E-state index in [4.69, 9.17) is 41.3 Å². The van der Waals surface area contributed by atoms with Crippen LogP contribution in [0.25, 0.3) is 0 Å². The first kappa shape index (κ1) is 33.4. The quantitative estimate of drug-likeness (QED) is 0.0929. The maximum absolute atomic E-state index is 12.9. The van der Waals surface area contributed by atoms with Crippen molar-refractivity contribution in [3.05, 3.63) is 11.8 Å². The fourth-order valence-electron chi connectivity index (χ4n) is 5.77. The first-order valence-electron chi connectivity index (χ1n) is 14.5. The van der Waals surface area contributed by atoms with E-state index >= 15 is 0 Å². The van der Waals surface area contributed by atoms with Crippen LogP contribution in [0.15, 0.2) is 11.8 Å². The van der Waals surface area contributed by atoms with Gasteiger partial charge in [0.1, 0.15) is 35.8 Å². The van der Waals surface area contributed by atoms with E-state index in [1.165, 1.54) is 6.92 Å². The molecule has 0 spiro atoms. The number of likely N-dealkylation sites (N-methyl/N-ethyl adjacent to an activating group) is 1. The highest BCUT2D eigenvalue weighted by Gasteiger charge is 2.59. The molecule has 16 heteroatoms. The van der Waals surface area contributed by atoms with Crippen LogP contribution in [-0.4, -0.2) is 143 Å². The number of rotatable bonds is 12. The number of aliphatic hydroxyl groups excluding tert-OH is 3. The van der Waals surface area contributed by atoms with Crippen molar-refractivity contribution in [2.75, 3.05) is 33.4 Å². The average Bonchev–Trinajstić information content (AvgIpc) is 3.56. The first-order chi connectivity index (χ1) is 19.8.